The van der Waals surface area contributed by atoms with Gasteiger partial charge in [0.1, 0.15) is 5.75 Å². The van der Waals surface area contributed by atoms with E-state index in [1.807, 2.05) is 0 Å². The minimum atomic E-state index is -2.64. The molecule has 0 atom stereocenters. The molecule has 0 unspecified atom stereocenters. The van der Waals surface area contributed by atoms with Gasteiger partial charge in [0, 0.05) is 11.1 Å². The zero-order valence-corrected chi connectivity index (χ0v) is 7.88. The number of ether oxygens (including phenoxy) is 1. The van der Waals surface area contributed by atoms with Gasteiger partial charge in [0.15, 0.2) is 5.78 Å². The quantitative estimate of drug-likeness (QED) is 0.701. The van der Waals surface area contributed by atoms with E-state index in [1.54, 1.807) is 0 Å². The van der Waals surface area contributed by atoms with Crippen LogP contribution in [0.1, 0.15) is 29.3 Å². The van der Waals surface area contributed by atoms with Gasteiger partial charge in [-0.15, -0.1) is 0 Å². The van der Waals surface area contributed by atoms with E-state index in [2.05, 4.69) is 0 Å². The summed E-state index contributed by atoms with van der Waals surface area (Å²) in [6.45, 7) is 1.25. The molecule has 4 heteroatoms. The Labute approximate surface area is 80.5 Å². The maximum absolute atomic E-state index is 12.4. The lowest BCUT2D eigenvalue weighted by atomic mass is 10.0. The standard InChI is InChI=1S/C10H10F2O2/c1-6(13)9-5-7(14-2)3-4-8(9)10(11)12/h3-5,10H,1-2H3. The molecule has 0 aliphatic carbocycles. The molecule has 2 nitrogen and oxygen atoms in total. The molecule has 14 heavy (non-hydrogen) atoms. The number of halogens is 2. The summed E-state index contributed by atoms with van der Waals surface area (Å²) in [5, 5.41) is 0. The molecule has 1 aromatic rings. The van der Waals surface area contributed by atoms with Gasteiger partial charge in [-0.1, -0.05) is 0 Å². The van der Waals surface area contributed by atoms with Crippen LogP contribution in [0, 0.1) is 0 Å². The number of Topliss-reactive ketones (excluding diaryl/α,β-unsaturated/α-hetero) is 1. The Morgan fingerprint density at radius 3 is 2.50 bits per heavy atom. The summed E-state index contributed by atoms with van der Waals surface area (Å²) in [5.41, 5.74) is -0.238. The van der Waals surface area contributed by atoms with Crippen LogP contribution < -0.4 is 4.74 Å². The van der Waals surface area contributed by atoms with Gasteiger partial charge in [-0.05, 0) is 25.1 Å². The van der Waals surface area contributed by atoms with Crippen molar-refractivity contribution in [3.63, 3.8) is 0 Å². The highest BCUT2D eigenvalue weighted by molar-refractivity contribution is 5.96. The van der Waals surface area contributed by atoms with Crippen LogP contribution in [0.25, 0.3) is 0 Å². The smallest absolute Gasteiger partial charge is 0.264 e. The molecule has 0 amide bonds. The van der Waals surface area contributed by atoms with Crippen molar-refractivity contribution in [2.24, 2.45) is 0 Å². The second kappa shape index (κ2) is 4.17. The third-order valence-electron chi connectivity index (χ3n) is 1.87. The normalized spacial score (nSPS) is 10.4. The van der Waals surface area contributed by atoms with Crippen LogP contribution in [-0.4, -0.2) is 12.9 Å². The zero-order valence-electron chi connectivity index (χ0n) is 7.88. The predicted octanol–water partition coefficient (Wildman–Crippen LogP) is 2.84. The number of carbonyl (C=O) groups is 1. The summed E-state index contributed by atoms with van der Waals surface area (Å²) in [6.07, 6.45) is -2.64. The van der Waals surface area contributed by atoms with Gasteiger partial charge in [0.05, 0.1) is 7.11 Å². The van der Waals surface area contributed by atoms with Gasteiger partial charge >= 0.3 is 0 Å². The number of carbonyl (C=O) groups excluding carboxylic acids is 1. The van der Waals surface area contributed by atoms with Crippen molar-refractivity contribution in [3.05, 3.63) is 29.3 Å². The van der Waals surface area contributed by atoms with Crippen molar-refractivity contribution in [3.8, 4) is 5.75 Å². The third-order valence-corrected chi connectivity index (χ3v) is 1.87. The number of methoxy groups -OCH3 is 1. The molecule has 0 spiro atoms. The molecule has 0 aliphatic heterocycles. The van der Waals surface area contributed by atoms with Crippen LogP contribution in [0.2, 0.25) is 0 Å². The largest absolute Gasteiger partial charge is 0.497 e. The molecular formula is C10H10F2O2. The molecule has 0 saturated carbocycles. The molecule has 0 fully saturated rings. The summed E-state index contributed by atoms with van der Waals surface area (Å²) >= 11 is 0. The van der Waals surface area contributed by atoms with Gasteiger partial charge in [0.2, 0.25) is 0 Å². The van der Waals surface area contributed by atoms with Crippen LogP contribution >= 0.6 is 0 Å². The Morgan fingerprint density at radius 1 is 1.43 bits per heavy atom. The SMILES string of the molecule is COc1ccc(C(F)F)c(C(C)=O)c1. The number of benzene rings is 1. The Morgan fingerprint density at radius 2 is 2.07 bits per heavy atom. The topological polar surface area (TPSA) is 26.3 Å². The average molecular weight is 200 g/mol. The molecule has 0 saturated heterocycles. The van der Waals surface area contributed by atoms with Crippen LogP contribution in [0.15, 0.2) is 18.2 Å². The van der Waals surface area contributed by atoms with Gasteiger partial charge < -0.3 is 4.74 Å². The first kappa shape index (κ1) is 10.6. The highest BCUT2D eigenvalue weighted by Gasteiger charge is 2.16. The summed E-state index contributed by atoms with van der Waals surface area (Å²) < 4.78 is 29.7. The molecule has 0 aliphatic rings. The first-order valence-corrected chi connectivity index (χ1v) is 4.03. The fourth-order valence-corrected chi connectivity index (χ4v) is 1.16. The number of hydrogen-bond acceptors (Lipinski definition) is 2. The summed E-state index contributed by atoms with van der Waals surface area (Å²) in [4.78, 5) is 11.0. The van der Waals surface area contributed by atoms with E-state index < -0.39 is 6.43 Å². The first-order valence-electron chi connectivity index (χ1n) is 4.03. The van der Waals surface area contributed by atoms with Crippen molar-refractivity contribution < 1.29 is 18.3 Å². The van der Waals surface area contributed by atoms with Crippen LogP contribution in [-0.2, 0) is 0 Å². The van der Waals surface area contributed by atoms with Gasteiger partial charge in [0.25, 0.3) is 6.43 Å². The molecule has 0 bridgehead atoms. The maximum atomic E-state index is 12.4. The third kappa shape index (κ3) is 2.07. The van der Waals surface area contributed by atoms with Gasteiger partial charge in [-0.25, -0.2) is 8.78 Å². The molecule has 0 radical (unpaired) electrons. The zero-order chi connectivity index (χ0) is 10.7. The van der Waals surface area contributed by atoms with Crippen molar-refractivity contribution in [1.82, 2.24) is 0 Å². The van der Waals surface area contributed by atoms with E-state index in [1.165, 1.54) is 32.2 Å². The summed E-state index contributed by atoms with van der Waals surface area (Å²) in [6, 6.07) is 3.94. The lowest BCUT2D eigenvalue weighted by Crippen LogP contribution is -2.00. The Bertz CT molecular complexity index is 348. The molecule has 0 aromatic heterocycles. The predicted molar refractivity (Wildman–Crippen MR) is 48.0 cm³/mol. The molecule has 76 valence electrons. The number of hydrogen-bond donors (Lipinski definition) is 0. The van der Waals surface area contributed by atoms with Crippen molar-refractivity contribution in [2.75, 3.05) is 7.11 Å². The number of ketones is 1. The fraction of sp³-hybridized carbons (Fsp3) is 0.300. The second-order valence-corrected chi connectivity index (χ2v) is 2.81. The molecule has 1 aromatic carbocycles. The van der Waals surface area contributed by atoms with E-state index in [9.17, 15) is 13.6 Å². The minimum absolute atomic E-state index is 0.0133. The average Bonchev–Trinajstić information content (AvgIpc) is 2.16. The van der Waals surface area contributed by atoms with Crippen molar-refractivity contribution >= 4 is 5.78 Å². The highest BCUT2D eigenvalue weighted by Crippen LogP contribution is 2.26. The summed E-state index contributed by atoms with van der Waals surface area (Å²) in [5.74, 6) is 0.0128. The molecular weight excluding hydrogens is 190 g/mol. The van der Waals surface area contributed by atoms with Crippen LogP contribution in [0.5, 0.6) is 5.75 Å². The monoisotopic (exact) mass is 200 g/mol. The molecule has 0 N–H and O–H groups in total. The van der Waals surface area contributed by atoms with Gasteiger partial charge in [-0.3, -0.25) is 4.79 Å². The minimum Gasteiger partial charge on any atom is -0.497 e. The van der Waals surface area contributed by atoms with Crippen LogP contribution in [0.4, 0.5) is 8.78 Å². The second-order valence-electron chi connectivity index (χ2n) is 2.81. The van der Waals surface area contributed by atoms with E-state index in [-0.39, 0.29) is 16.9 Å². The van der Waals surface area contributed by atoms with Crippen LogP contribution in [0.3, 0.4) is 0 Å². The Hall–Kier alpha value is -1.45. The first-order chi connectivity index (χ1) is 6.56. The van der Waals surface area contributed by atoms with Crippen molar-refractivity contribution in [2.45, 2.75) is 13.3 Å². The number of alkyl halides is 2. The van der Waals surface area contributed by atoms with E-state index in [4.69, 9.17) is 4.74 Å². The Kier molecular flexibility index (Phi) is 3.17. The van der Waals surface area contributed by atoms with E-state index >= 15 is 0 Å². The van der Waals surface area contributed by atoms with Gasteiger partial charge in [-0.2, -0.15) is 0 Å². The number of rotatable bonds is 3. The van der Waals surface area contributed by atoms with Crippen molar-refractivity contribution in [1.29, 1.82) is 0 Å². The highest BCUT2D eigenvalue weighted by atomic mass is 19.3. The molecule has 0 heterocycles. The lowest BCUT2D eigenvalue weighted by molar-refractivity contribution is 0.0998. The summed E-state index contributed by atoms with van der Waals surface area (Å²) in [7, 11) is 1.42. The Balaban J connectivity index is 3.24. The van der Waals surface area contributed by atoms with E-state index in [0.717, 1.165) is 0 Å². The lowest BCUT2D eigenvalue weighted by Gasteiger charge is -2.07. The maximum Gasteiger partial charge on any atom is 0.264 e. The fourth-order valence-electron chi connectivity index (χ4n) is 1.16. The van der Waals surface area contributed by atoms with E-state index in [0.29, 0.717) is 5.75 Å². The molecule has 1 rings (SSSR count).